The Bertz CT molecular complexity index is 556. The molecule has 0 bridgehead atoms. The Labute approximate surface area is 112 Å². The monoisotopic (exact) mass is 257 g/mol. The fraction of sp³-hybridized carbons (Fsp3) is 0.143. The summed E-state index contributed by atoms with van der Waals surface area (Å²) in [5.41, 5.74) is 10.6. The van der Waals surface area contributed by atoms with Crippen LogP contribution in [-0.4, -0.2) is 9.97 Å². The van der Waals surface area contributed by atoms with Gasteiger partial charge in [-0.2, -0.15) is 0 Å². The molecule has 0 saturated heterocycles. The van der Waals surface area contributed by atoms with Crippen molar-refractivity contribution in [2.45, 2.75) is 13.8 Å². The minimum atomic E-state index is 0.313. The van der Waals surface area contributed by atoms with Gasteiger partial charge in [0, 0.05) is 5.69 Å². The SMILES string of the molecule is Cc1cc(C)cc(Nc2ccc(C(N)=S)nc2)c1. The van der Waals surface area contributed by atoms with Crippen LogP contribution in [0.3, 0.4) is 0 Å². The number of nitrogens with zero attached hydrogens (tertiary/aromatic N) is 1. The van der Waals surface area contributed by atoms with Gasteiger partial charge in [0.1, 0.15) is 4.99 Å². The molecule has 2 rings (SSSR count). The lowest BCUT2D eigenvalue weighted by Crippen LogP contribution is -2.11. The molecule has 0 aliphatic heterocycles. The number of anilines is 2. The second-order valence-corrected chi connectivity index (χ2v) is 4.74. The van der Waals surface area contributed by atoms with Gasteiger partial charge in [0.2, 0.25) is 0 Å². The molecule has 0 saturated carbocycles. The normalized spacial score (nSPS) is 10.1. The Balaban J connectivity index is 2.20. The number of rotatable bonds is 3. The lowest BCUT2D eigenvalue weighted by atomic mass is 10.1. The number of nitrogens with two attached hydrogens (primary N) is 1. The number of hydrogen-bond acceptors (Lipinski definition) is 3. The third kappa shape index (κ3) is 3.05. The summed E-state index contributed by atoms with van der Waals surface area (Å²) < 4.78 is 0. The molecule has 0 aliphatic rings. The average Bonchev–Trinajstić information content (AvgIpc) is 2.28. The van der Waals surface area contributed by atoms with Crippen LogP contribution in [0.15, 0.2) is 36.5 Å². The maximum absolute atomic E-state index is 5.50. The van der Waals surface area contributed by atoms with Gasteiger partial charge in [0.15, 0.2) is 0 Å². The van der Waals surface area contributed by atoms with Crippen LogP contribution >= 0.6 is 12.2 Å². The van der Waals surface area contributed by atoms with Crippen LogP contribution in [0.1, 0.15) is 16.8 Å². The molecule has 1 aromatic heterocycles. The lowest BCUT2D eigenvalue weighted by molar-refractivity contribution is 1.28. The Morgan fingerprint density at radius 2 is 1.78 bits per heavy atom. The molecule has 0 radical (unpaired) electrons. The third-order valence-electron chi connectivity index (χ3n) is 2.53. The molecular formula is C14H15N3S. The number of nitrogens with one attached hydrogen (secondary N) is 1. The highest BCUT2D eigenvalue weighted by Gasteiger charge is 2.00. The standard InChI is InChI=1S/C14H15N3S/c1-9-5-10(2)7-12(6-9)17-11-3-4-13(14(15)18)16-8-11/h3-8,17H,1-2H3,(H2,15,18). The smallest absolute Gasteiger partial charge is 0.122 e. The largest absolute Gasteiger partial charge is 0.388 e. The first kappa shape index (κ1) is 12.5. The molecule has 1 aromatic carbocycles. The van der Waals surface area contributed by atoms with Crippen molar-refractivity contribution in [1.82, 2.24) is 4.98 Å². The average molecular weight is 257 g/mol. The fourth-order valence-electron chi connectivity index (χ4n) is 1.83. The van der Waals surface area contributed by atoms with Crippen molar-refractivity contribution in [1.29, 1.82) is 0 Å². The highest BCUT2D eigenvalue weighted by molar-refractivity contribution is 7.80. The maximum Gasteiger partial charge on any atom is 0.122 e. The van der Waals surface area contributed by atoms with E-state index < -0.39 is 0 Å². The van der Waals surface area contributed by atoms with Crippen LogP contribution in [0, 0.1) is 13.8 Å². The molecule has 3 N–H and O–H groups in total. The number of aryl methyl sites for hydroxylation is 2. The van der Waals surface area contributed by atoms with Crippen LogP contribution < -0.4 is 11.1 Å². The highest BCUT2D eigenvalue weighted by Crippen LogP contribution is 2.19. The molecule has 3 nitrogen and oxygen atoms in total. The molecule has 0 atom stereocenters. The first-order chi connectivity index (χ1) is 8.54. The van der Waals surface area contributed by atoms with Gasteiger partial charge in [-0.3, -0.25) is 4.98 Å². The van der Waals surface area contributed by atoms with Gasteiger partial charge in [-0.1, -0.05) is 18.3 Å². The van der Waals surface area contributed by atoms with Crippen molar-refractivity contribution in [2.75, 3.05) is 5.32 Å². The molecule has 4 heteroatoms. The van der Waals surface area contributed by atoms with Crippen LogP contribution in [0.2, 0.25) is 0 Å². The molecule has 1 heterocycles. The Kier molecular flexibility index (Phi) is 3.58. The third-order valence-corrected chi connectivity index (χ3v) is 2.74. The van der Waals surface area contributed by atoms with Gasteiger partial charge in [0.25, 0.3) is 0 Å². The minimum absolute atomic E-state index is 0.313. The van der Waals surface area contributed by atoms with E-state index in [4.69, 9.17) is 18.0 Å². The summed E-state index contributed by atoms with van der Waals surface area (Å²) >= 11 is 4.86. The van der Waals surface area contributed by atoms with Crippen molar-refractivity contribution < 1.29 is 0 Å². The van der Waals surface area contributed by atoms with E-state index in [9.17, 15) is 0 Å². The van der Waals surface area contributed by atoms with Crippen LogP contribution in [-0.2, 0) is 0 Å². The lowest BCUT2D eigenvalue weighted by Gasteiger charge is -2.08. The fourth-order valence-corrected chi connectivity index (χ4v) is 1.95. The molecule has 18 heavy (non-hydrogen) atoms. The van der Waals surface area contributed by atoms with E-state index in [2.05, 4.69) is 42.3 Å². The highest BCUT2D eigenvalue weighted by atomic mass is 32.1. The van der Waals surface area contributed by atoms with Crippen molar-refractivity contribution in [3.63, 3.8) is 0 Å². The summed E-state index contributed by atoms with van der Waals surface area (Å²) in [6.07, 6.45) is 1.73. The van der Waals surface area contributed by atoms with E-state index in [-0.39, 0.29) is 0 Å². The second kappa shape index (κ2) is 5.14. The van der Waals surface area contributed by atoms with Crippen molar-refractivity contribution in [2.24, 2.45) is 5.73 Å². The van der Waals surface area contributed by atoms with Crippen molar-refractivity contribution in [3.05, 3.63) is 53.3 Å². The molecule has 0 fully saturated rings. The molecule has 0 spiro atoms. The number of hydrogen-bond donors (Lipinski definition) is 2. The molecule has 92 valence electrons. The number of benzene rings is 1. The van der Waals surface area contributed by atoms with E-state index in [1.165, 1.54) is 11.1 Å². The zero-order chi connectivity index (χ0) is 13.1. The van der Waals surface area contributed by atoms with Crippen molar-refractivity contribution in [3.8, 4) is 0 Å². The topological polar surface area (TPSA) is 50.9 Å². The first-order valence-corrected chi connectivity index (χ1v) is 6.06. The molecular weight excluding hydrogens is 242 g/mol. The van der Waals surface area contributed by atoms with E-state index in [0.717, 1.165) is 11.4 Å². The summed E-state index contributed by atoms with van der Waals surface area (Å²) in [5, 5.41) is 3.31. The summed E-state index contributed by atoms with van der Waals surface area (Å²) in [4.78, 5) is 4.50. The van der Waals surface area contributed by atoms with Gasteiger partial charge in [-0.05, 0) is 49.2 Å². The Morgan fingerprint density at radius 1 is 1.11 bits per heavy atom. The van der Waals surface area contributed by atoms with Gasteiger partial charge >= 0.3 is 0 Å². The molecule has 0 amide bonds. The van der Waals surface area contributed by atoms with Gasteiger partial charge in [0.05, 0.1) is 17.6 Å². The van der Waals surface area contributed by atoms with Gasteiger partial charge in [-0.25, -0.2) is 0 Å². The molecule has 0 aliphatic carbocycles. The number of thiocarbonyl (C=S) groups is 1. The minimum Gasteiger partial charge on any atom is -0.388 e. The number of pyridine rings is 1. The first-order valence-electron chi connectivity index (χ1n) is 5.66. The summed E-state index contributed by atoms with van der Waals surface area (Å²) in [5.74, 6) is 0. The van der Waals surface area contributed by atoms with E-state index in [1.807, 2.05) is 12.1 Å². The molecule has 2 aromatic rings. The maximum atomic E-state index is 5.50. The summed E-state index contributed by atoms with van der Waals surface area (Å²) in [7, 11) is 0. The van der Waals surface area contributed by atoms with Gasteiger partial charge < -0.3 is 11.1 Å². The van der Waals surface area contributed by atoms with Crippen LogP contribution in [0.25, 0.3) is 0 Å². The Hall–Kier alpha value is -1.94. The van der Waals surface area contributed by atoms with Crippen LogP contribution in [0.4, 0.5) is 11.4 Å². The summed E-state index contributed by atoms with van der Waals surface area (Å²) in [6.45, 7) is 4.15. The molecule has 0 unspecified atom stereocenters. The zero-order valence-electron chi connectivity index (χ0n) is 10.4. The predicted molar refractivity (Wildman–Crippen MR) is 79.3 cm³/mol. The van der Waals surface area contributed by atoms with Gasteiger partial charge in [-0.15, -0.1) is 0 Å². The second-order valence-electron chi connectivity index (χ2n) is 4.30. The van der Waals surface area contributed by atoms with E-state index in [0.29, 0.717) is 10.7 Å². The predicted octanol–water partition coefficient (Wildman–Crippen LogP) is 3.08. The quantitative estimate of drug-likeness (QED) is 0.830. The number of aromatic nitrogens is 1. The summed E-state index contributed by atoms with van der Waals surface area (Å²) in [6, 6.07) is 10.1. The zero-order valence-corrected chi connectivity index (χ0v) is 11.2. The van der Waals surface area contributed by atoms with E-state index in [1.54, 1.807) is 6.20 Å². The van der Waals surface area contributed by atoms with Crippen molar-refractivity contribution >= 4 is 28.6 Å². The van der Waals surface area contributed by atoms with E-state index >= 15 is 0 Å². The Morgan fingerprint density at radius 3 is 2.28 bits per heavy atom. The van der Waals surface area contributed by atoms with Crippen LogP contribution in [0.5, 0.6) is 0 Å².